The highest BCUT2D eigenvalue weighted by Crippen LogP contribution is 2.32. The van der Waals surface area contributed by atoms with Crippen molar-refractivity contribution in [2.24, 2.45) is 0 Å². The standard InChI is InChI=1S/C17H20N2O5/c20-9-13-14(21)15(22)16(23)17(24-13)11-3-1-2-10(6-11)7-12-8-18-4-5-19-12/h1-6,8,13-17,20-23H,7,9H2/t13-,14-,15+,16-,17+/m1/s1. The van der Waals surface area contributed by atoms with E-state index in [2.05, 4.69) is 9.97 Å². The van der Waals surface area contributed by atoms with Crippen molar-refractivity contribution in [2.45, 2.75) is 36.9 Å². The Morgan fingerprint density at radius 1 is 1.04 bits per heavy atom. The molecular weight excluding hydrogens is 312 g/mol. The van der Waals surface area contributed by atoms with Crippen molar-refractivity contribution in [2.75, 3.05) is 6.61 Å². The van der Waals surface area contributed by atoms with Gasteiger partial charge in [-0.25, -0.2) is 0 Å². The Bertz CT molecular complexity index is 667. The zero-order valence-corrected chi connectivity index (χ0v) is 12.9. The highest BCUT2D eigenvalue weighted by atomic mass is 16.5. The average Bonchev–Trinajstić information content (AvgIpc) is 2.61. The van der Waals surface area contributed by atoms with Crippen LogP contribution in [0, 0.1) is 0 Å². The van der Waals surface area contributed by atoms with Crippen LogP contribution in [-0.2, 0) is 11.2 Å². The number of ether oxygens (including phenoxy) is 1. The Hall–Kier alpha value is -1.90. The molecule has 0 radical (unpaired) electrons. The smallest absolute Gasteiger partial charge is 0.113 e. The molecule has 0 unspecified atom stereocenters. The molecule has 4 N–H and O–H groups in total. The summed E-state index contributed by atoms with van der Waals surface area (Å²) in [6, 6.07) is 7.36. The van der Waals surface area contributed by atoms with E-state index < -0.39 is 37.1 Å². The number of rotatable bonds is 4. The number of aromatic nitrogens is 2. The van der Waals surface area contributed by atoms with Crippen molar-refractivity contribution in [3.05, 3.63) is 59.7 Å². The topological polar surface area (TPSA) is 116 Å². The first kappa shape index (κ1) is 16.9. The number of nitrogens with zero attached hydrogens (tertiary/aromatic N) is 2. The largest absolute Gasteiger partial charge is 0.394 e. The van der Waals surface area contributed by atoms with E-state index in [0.29, 0.717) is 12.0 Å². The highest BCUT2D eigenvalue weighted by Gasteiger charge is 2.43. The second-order valence-corrected chi connectivity index (χ2v) is 5.87. The summed E-state index contributed by atoms with van der Waals surface area (Å²) in [6.07, 6.45) is -0.299. The molecule has 5 atom stereocenters. The van der Waals surface area contributed by atoms with Crippen LogP contribution < -0.4 is 0 Å². The van der Waals surface area contributed by atoms with E-state index in [9.17, 15) is 20.4 Å². The molecule has 0 spiro atoms. The fourth-order valence-electron chi connectivity index (χ4n) is 2.89. The summed E-state index contributed by atoms with van der Waals surface area (Å²) in [5.74, 6) is 0. The lowest BCUT2D eigenvalue weighted by molar-refractivity contribution is -0.231. The van der Waals surface area contributed by atoms with E-state index in [1.807, 2.05) is 18.2 Å². The van der Waals surface area contributed by atoms with Crippen LogP contribution in [0.15, 0.2) is 42.9 Å². The maximum atomic E-state index is 10.2. The molecule has 0 saturated carbocycles. The Balaban J connectivity index is 1.82. The molecule has 2 heterocycles. The van der Waals surface area contributed by atoms with Crippen LogP contribution in [0.25, 0.3) is 0 Å². The van der Waals surface area contributed by atoms with Gasteiger partial charge in [0.15, 0.2) is 0 Å². The first-order valence-electron chi connectivity index (χ1n) is 7.74. The zero-order valence-electron chi connectivity index (χ0n) is 12.9. The van der Waals surface area contributed by atoms with Crippen LogP contribution in [0.2, 0.25) is 0 Å². The molecule has 128 valence electrons. The maximum absolute atomic E-state index is 10.2. The Morgan fingerprint density at radius 3 is 2.58 bits per heavy atom. The molecule has 2 aromatic rings. The fraction of sp³-hybridized carbons (Fsp3) is 0.412. The van der Waals surface area contributed by atoms with Crippen LogP contribution >= 0.6 is 0 Å². The Labute approximate surface area is 139 Å². The lowest BCUT2D eigenvalue weighted by Crippen LogP contribution is -2.55. The summed E-state index contributed by atoms with van der Waals surface area (Å²) >= 11 is 0. The van der Waals surface area contributed by atoms with Gasteiger partial charge in [0, 0.05) is 25.0 Å². The minimum atomic E-state index is -1.38. The van der Waals surface area contributed by atoms with Crippen LogP contribution in [0.5, 0.6) is 0 Å². The van der Waals surface area contributed by atoms with Gasteiger partial charge in [-0.3, -0.25) is 9.97 Å². The molecule has 24 heavy (non-hydrogen) atoms. The van der Waals surface area contributed by atoms with Crippen molar-refractivity contribution in [1.29, 1.82) is 0 Å². The number of aliphatic hydroxyl groups is 4. The zero-order chi connectivity index (χ0) is 17.1. The molecule has 0 bridgehead atoms. The van der Waals surface area contributed by atoms with Crippen molar-refractivity contribution < 1.29 is 25.2 Å². The van der Waals surface area contributed by atoms with Crippen LogP contribution in [0.4, 0.5) is 0 Å². The lowest BCUT2D eigenvalue weighted by Gasteiger charge is -2.40. The van der Waals surface area contributed by atoms with E-state index in [1.165, 1.54) is 0 Å². The number of hydrogen-bond donors (Lipinski definition) is 4. The minimum absolute atomic E-state index is 0.444. The summed E-state index contributed by atoms with van der Waals surface area (Å²) in [5, 5.41) is 39.3. The van der Waals surface area contributed by atoms with Gasteiger partial charge in [-0.1, -0.05) is 24.3 Å². The number of benzene rings is 1. The SMILES string of the molecule is OC[C@H]1O[C@@H](c2cccc(Cc3cnccn3)c2)[C@H](O)[C@@H](O)[C@@H]1O. The third-order valence-corrected chi connectivity index (χ3v) is 4.17. The molecular formula is C17H20N2O5. The Morgan fingerprint density at radius 2 is 1.88 bits per heavy atom. The van der Waals surface area contributed by atoms with Crippen molar-refractivity contribution in [3.63, 3.8) is 0 Å². The minimum Gasteiger partial charge on any atom is -0.394 e. The van der Waals surface area contributed by atoms with E-state index in [-0.39, 0.29) is 0 Å². The molecule has 3 rings (SSSR count). The molecule has 7 heteroatoms. The highest BCUT2D eigenvalue weighted by molar-refractivity contribution is 5.29. The van der Waals surface area contributed by atoms with E-state index in [1.54, 1.807) is 24.7 Å². The number of aliphatic hydroxyl groups excluding tert-OH is 4. The quantitative estimate of drug-likeness (QED) is 0.601. The van der Waals surface area contributed by atoms with Crippen molar-refractivity contribution in [3.8, 4) is 0 Å². The summed E-state index contributed by atoms with van der Waals surface area (Å²) in [6.45, 7) is -0.444. The first-order valence-corrected chi connectivity index (χ1v) is 7.74. The van der Waals surface area contributed by atoms with E-state index in [0.717, 1.165) is 11.3 Å². The third-order valence-electron chi connectivity index (χ3n) is 4.17. The summed E-state index contributed by atoms with van der Waals surface area (Å²) in [7, 11) is 0. The van der Waals surface area contributed by atoms with Gasteiger partial charge in [-0.2, -0.15) is 0 Å². The molecule has 1 aliphatic rings. The predicted molar refractivity (Wildman–Crippen MR) is 84.0 cm³/mol. The predicted octanol–water partition coefficient (Wildman–Crippen LogP) is -0.418. The van der Waals surface area contributed by atoms with Crippen molar-refractivity contribution >= 4 is 0 Å². The second kappa shape index (κ2) is 7.33. The van der Waals surface area contributed by atoms with Gasteiger partial charge in [0.2, 0.25) is 0 Å². The van der Waals surface area contributed by atoms with Gasteiger partial charge in [0.1, 0.15) is 30.5 Å². The monoisotopic (exact) mass is 332 g/mol. The van der Waals surface area contributed by atoms with Gasteiger partial charge < -0.3 is 25.2 Å². The van der Waals surface area contributed by atoms with Crippen LogP contribution in [0.1, 0.15) is 22.9 Å². The van der Waals surface area contributed by atoms with Gasteiger partial charge >= 0.3 is 0 Å². The molecule has 1 fully saturated rings. The maximum Gasteiger partial charge on any atom is 0.113 e. The Kier molecular flexibility index (Phi) is 5.17. The van der Waals surface area contributed by atoms with E-state index >= 15 is 0 Å². The average molecular weight is 332 g/mol. The molecule has 1 aromatic heterocycles. The van der Waals surface area contributed by atoms with Gasteiger partial charge in [0.25, 0.3) is 0 Å². The van der Waals surface area contributed by atoms with Crippen LogP contribution in [0.3, 0.4) is 0 Å². The lowest BCUT2D eigenvalue weighted by atomic mass is 9.90. The molecule has 0 amide bonds. The molecule has 1 saturated heterocycles. The summed E-state index contributed by atoms with van der Waals surface area (Å²) in [5.41, 5.74) is 2.42. The number of hydrogen-bond acceptors (Lipinski definition) is 7. The van der Waals surface area contributed by atoms with Gasteiger partial charge in [-0.15, -0.1) is 0 Å². The molecule has 1 aliphatic heterocycles. The van der Waals surface area contributed by atoms with Gasteiger partial charge in [0.05, 0.1) is 12.3 Å². The van der Waals surface area contributed by atoms with Crippen LogP contribution in [-0.4, -0.2) is 61.4 Å². The summed E-state index contributed by atoms with van der Waals surface area (Å²) < 4.78 is 5.58. The molecule has 7 nitrogen and oxygen atoms in total. The van der Waals surface area contributed by atoms with Crippen molar-refractivity contribution in [1.82, 2.24) is 9.97 Å². The summed E-state index contributed by atoms with van der Waals surface area (Å²) in [4.78, 5) is 8.26. The third kappa shape index (κ3) is 3.45. The second-order valence-electron chi connectivity index (χ2n) is 5.87. The molecule has 0 aliphatic carbocycles. The van der Waals surface area contributed by atoms with E-state index in [4.69, 9.17) is 4.74 Å². The normalized spacial score (nSPS) is 30.2. The fourth-order valence-corrected chi connectivity index (χ4v) is 2.89. The molecule has 1 aromatic carbocycles. The first-order chi connectivity index (χ1) is 11.6. The van der Waals surface area contributed by atoms with Gasteiger partial charge in [-0.05, 0) is 11.1 Å².